The number of ether oxygens (including phenoxy) is 4. The molecule has 0 unspecified atom stereocenters. The zero-order valence-electron chi connectivity index (χ0n) is 32.7. The van der Waals surface area contributed by atoms with Crippen LogP contribution in [0.15, 0.2) is 22.7 Å². The molecule has 0 aromatic heterocycles. The van der Waals surface area contributed by atoms with E-state index in [1.165, 1.54) is 0 Å². The number of halogens is 6. The van der Waals surface area contributed by atoms with Crippen molar-refractivity contribution < 1.29 is 79.2 Å². The molecule has 10 rings (SSSR count). The number of carbonyl (C=O) groups is 3. The number of rotatable bonds is 8. The van der Waals surface area contributed by atoms with Crippen LogP contribution in [0.25, 0.3) is 0 Å². The van der Waals surface area contributed by atoms with Crippen LogP contribution in [0.4, 0.5) is 26.3 Å². The van der Waals surface area contributed by atoms with Crippen molar-refractivity contribution in [3.8, 4) is 0 Å². The highest BCUT2D eigenvalue weighted by Gasteiger charge is 2.72. The molecule has 4 bridgehead atoms. The molecule has 13 atom stereocenters. The van der Waals surface area contributed by atoms with Crippen molar-refractivity contribution in [2.75, 3.05) is 13.1 Å². The van der Waals surface area contributed by atoms with E-state index in [9.17, 15) is 40.7 Å². The van der Waals surface area contributed by atoms with Gasteiger partial charge in [0.1, 0.15) is 6.04 Å². The lowest BCUT2D eigenvalue weighted by Gasteiger charge is -2.57. The van der Waals surface area contributed by atoms with E-state index in [4.69, 9.17) is 38.5 Å². The molecule has 14 nitrogen and oxygen atoms in total. The third kappa shape index (κ3) is 6.77. The van der Waals surface area contributed by atoms with E-state index in [1.54, 1.807) is 13.8 Å². The van der Waals surface area contributed by atoms with Crippen LogP contribution in [0.3, 0.4) is 0 Å². The van der Waals surface area contributed by atoms with Crippen LogP contribution in [-0.2, 0) is 52.9 Å². The lowest BCUT2D eigenvalue weighted by molar-refractivity contribution is -0.557. The van der Waals surface area contributed by atoms with Gasteiger partial charge >= 0.3 is 12.4 Å². The van der Waals surface area contributed by atoms with E-state index in [0.29, 0.717) is 38.5 Å². The minimum atomic E-state index is -4.99. The van der Waals surface area contributed by atoms with Gasteiger partial charge < -0.3 is 34.9 Å². The number of amides is 3. The zero-order chi connectivity index (χ0) is 41.8. The average molecular weight is 838 g/mol. The van der Waals surface area contributed by atoms with E-state index in [2.05, 4.69) is 16.0 Å². The first kappa shape index (κ1) is 41.6. The van der Waals surface area contributed by atoms with E-state index in [1.807, 2.05) is 13.8 Å². The van der Waals surface area contributed by atoms with Gasteiger partial charge in [0, 0.05) is 67.7 Å². The summed E-state index contributed by atoms with van der Waals surface area (Å²) in [6, 6.07) is -1.62. The van der Waals surface area contributed by atoms with Crippen LogP contribution in [-0.4, -0.2) is 84.6 Å². The van der Waals surface area contributed by atoms with Crippen LogP contribution in [0.5, 0.6) is 0 Å². The summed E-state index contributed by atoms with van der Waals surface area (Å²) in [5.41, 5.74) is -3.47. The van der Waals surface area contributed by atoms with E-state index < -0.39 is 114 Å². The summed E-state index contributed by atoms with van der Waals surface area (Å²) in [5.74, 6) is -10.4. The van der Waals surface area contributed by atoms with Crippen molar-refractivity contribution in [3.05, 3.63) is 22.7 Å². The quantitative estimate of drug-likeness (QED) is 0.217. The van der Waals surface area contributed by atoms with Crippen LogP contribution in [0.2, 0.25) is 0 Å². The Morgan fingerprint density at radius 2 is 1.14 bits per heavy atom. The highest BCUT2D eigenvalue weighted by molar-refractivity contribution is 5.91. The molecule has 0 aromatic rings. The van der Waals surface area contributed by atoms with Crippen molar-refractivity contribution in [1.82, 2.24) is 16.0 Å². The maximum atomic E-state index is 14.7. The van der Waals surface area contributed by atoms with Gasteiger partial charge in [-0.25, -0.2) is 19.6 Å². The second kappa shape index (κ2) is 14.2. The van der Waals surface area contributed by atoms with Gasteiger partial charge in [0.15, 0.2) is 11.2 Å². The number of carbonyl (C=O) groups excluding carboxylic acids is 3. The van der Waals surface area contributed by atoms with Crippen molar-refractivity contribution in [2.24, 2.45) is 35.5 Å². The molecular weight excluding hydrogens is 788 g/mol. The number of nitrogens with one attached hydrogen (secondary N) is 3. The number of alkyl halides is 6. The standard InChI is InChI=1S/C38H49F6N3O11/c1-17-6-8-24-20(28(37(39,40)41)51-31-35(24)22(17)10-12-33(4,53-31)55-57-35)15-45-27(49)14-26(47-19(3)48)30(50)46-16-21-25-9-7-18(2)23-11-13-34(5)54-32(36(23,25)58-56-34)52-29(21)38(42,43)44/h17-18,22-26,31-32H,6-16H2,1-5H3,(H,45,49)(H,46,50)(H,47,48)/t17-,18-,22+,23+,24+,25+,26+,31-,32-,33+,34+,35-,36-/m1/s1. The molecule has 8 heterocycles. The molecule has 8 fully saturated rings. The molecule has 10 aliphatic rings. The first-order valence-electron chi connectivity index (χ1n) is 19.9. The second-order valence-electron chi connectivity index (χ2n) is 17.6. The van der Waals surface area contributed by atoms with Crippen molar-refractivity contribution in [1.29, 1.82) is 0 Å². The fourth-order valence-electron chi connectivity index (χ4n) is 11.1. The number of allylic oxidation sites excluding steroid dienone is 2. The van der Waals surface area contributed by atoms with Crippen LogP contribution < -0.4 is 16.0 Å². The van der Waals surface area contributed by atoms with E-state index in [-0.39, 0.29) is 47.7 Å². The molecule has 0 aromatic carbocycles. The Morgan fingerprint density at radius 1 is 0.690 bits per heavy atom. The molecule has 6 saturated heterocycles. The monoisotopic (exact) mass is 837 g/mol. The molecule has 20 heteroatoms. The van der Waals surface area contributed by atoms with Crippen molar-refractivity contribution in [2.45, 2.75) is 146 Å². The van der Waals surface area contributed by atoms with Gasteiger partial charge in [-0.15, -0.1) is 0 Å². The molecule has 58 heavy (non-hydrogen) atoms. The smallest absolute Gasteiger partial charge is 0.449 e. The van der Waals surface area contributed by atoms with Crippen LogP contribution >= 0.6 is 0 Å². The average Bonchev–Trinajstić information content (AvgIpc) is 3.51. The maximum Gasteiger partial charge on any atom is 0.449 e. The molecule has 324 valence electrons. The maximum absolute atomic E-state index is 14.7. The van der Waals surface area contributed by atoms with Gasteiger partial charge in [-0.3, -0.25) is 14.4 Å². The summed E-state index contributed by atoms with van der Waals surface area (Å²) in [6.45, 7) is 6.83. The summed E-state index contributed by atoms with van der Waals surface area (Å²) in [4.78, 5) is 62.7. The summed E-state index contributed by atoms with van der Waals surface area (Å²) >= 11 is 0. The molecule has 3 N–H and O–H groups in total. The minimum absolute atomic E-state index is 0.0214. The fourth-order valence-corrected chi connectivity index (χ4v) is 11.1. The molecule has 2 saturated carbocycles. The molecule has 8 aliphatic heterocycles. The number of hydrogen-bond donors (Lipinski definition) is 3. The number of hydrogen-bond acceptors (Lipinski definition) is 11. The van der Waals surface area contributed by atoms with E-state index >= 15 is 0 Å². The Kier molecular flexibility index (Phi) is 10.2. The first-order chi connectivity index (χ1) is 27.1. The number of fused-ring (bicyclic) bond motifs is 4. The van der Waals surface area contributed by atoms with Gasteiger partial charge in [0.2, 0.25) is 53.4 Å². The topological polar surface area (TPSA) is 161 Å². The normalized spacial score (nSPS) is 42.2. The Labute approximate surface area is 330 Å². The van der Waals surface area contributed by atoms with Gasteiger partial charge in [0.05, 0.1) is 6.42 Å². The Hall–Kier alpha value is -3.17. The third-order valence-corrected chi connectivity index (χ3v) is 13.8. The second-order valence-corrected chi connectivity index (χ2v) is 17.6. The summed E-state index contributed by atoms with van der Waals surface area (Å²) < 4.78 is 111. The Morgan fingerprint density at radius 3 is 1.57 bits per heavy atom. The third-order valence-electron chi connectivity index (χ3n) is 13.8. The molecular formula is C38H49F6N3O11. The molecule has 3 amide bonds. The highest BCUT2D eigenvalue weighted by Crippen LogP contribution is 2.63. The van der Waals surface area contributed by atoms with E-state index in [0.717, 1.165) is 6.92 Å². The summed E-state index contributed by atoms with van der Waals surface area (Å²) in [7, 11) is 0. The Bertz CT molecular complexity index is 1780. The first-order valence-corrected chi connectivity index (χ1v) is 19.9. The van der Waals surface area contributed by atoms with Crippen molar-refractivity contribution >= 4 is 17.7 Å². The molecule has 2 spiro atoms. The predicted molar refractivity (Wildman–Crippen MR) is 182 cm³/mol. The predicted octanol–water partition coefficient (Wildman–Crippen LogP) is 5.24. The lowest BCUT2D eigenvalue weighted by Crippen LogP contribution is -2.68. The largest absolute Gasteiger partial charge is 0.456 e. The van der Waals surface area contributed by atoms with Crippen LogP contribution in [0, 0.1) is 35.5 Å². The van der Waals surface area contributed by atoms with Crippen molar-refractivity contribution in [3.63, 3.8) is 0 Å². The lowest BCUT2D eigenvalue weighted by atomic mass is 9.59. The molecule has 2 aliphatic carbocycles. The highest BCUT2D eigenvalue weighted by atomic mass is 19.4. The van der Waals surface area contributed by atoms with Crippen LogP contribution in [0.1, 0.15) is 92.4 Å². The van der Waals surface area contributed by atoms with Gasteiger partial charge in [-0.2, -0.15) is 26.3 Å². The van der Waals surface area contributed by atoms with Gasteiger partial charge in [0.25, 0.3) is 0 Å². The summed E-state index contributed by atoms with van der Waals surface area (Å²) in [5, 5.41) is 7.23. The summed E-state index contributed by atoms with van der Waals surface area (Å²) in [6.07, 6.45) is -10.3. The molecule has 0 radical (unpaired) electrons. The minimum Gasteiger partial charge on any atom is -0.456 e. The fraction of sp³-hybridized carbons (Fsp3) is 0.816. The SMILES string of the molecule is CC(=O)N[C@@H](CC(=O)NCC1=C(C(F)(F)F)O[C@@H]2O[C@]3(C)CC[C@H]4[C@H](C)CC[C@@H]1[C@@]24OO3)C(=O)NCC1=C(C(F)(F)F)O[C@@H]2O[C@]3(C)CC[C@H]4[C@H](C)CC[C@@H]1[C@@]24OO3. The zero-order valence-corrected chi connectivity index (χ0v) is 32.7. The van der Waals surface area contributed by atoms with Gasteiger partial charge in [-0.05, 0) is 64.2 Å². The van der Waals surface area contributed by atoms with Gasteiger partial charge in [-0.1, -0.05) is 13.8 Å². The Balaban J connectivity index is 1.01.